The van der Waals surface area contributed by atoms with Gasteiger partial charge in [-0.25, -0.2) is 0 Å². The average molecular weight is 536 g/mol. The van der Waals surface area contributed by atoms with Gasteiger partial charge in [0.25, 0.3) is 5.91 Å². The maximum Gasteiger partial charge on any atom is 0.254 e. The molecule has 0 aliphatic carbocycles. The number of hydrogen-bond acceptors (Lipinski definition) is 5. The van der Waals surface area contributed by atoms with Gasteiger partial charge in [-0.15, -0.1) is 0 Å². The van der Waals surface area contributed by atoms with Crippen LogP contribution in [0.2, 0.25) is 0 Å². The summed E-state index contributed by atoms with van der Waals surface area (Å²) in [6.45, 7) is 2.26. The fourth-order valence-corrected chi connectivity index (χ4v) is 4.84. The minimum atomic E-state index is -0.649. The van der Waals surface area contributed by atoms with Gasteiger partial charge < -0.3 is 19.5 Å². The van der Waals surface area contributed by atoms with E-state index in [2.05, 4.69) is 17.3 Å². The number of aryl methyl sites for hydroxylation is 1. The molecular formula is C32H45N3O4. The lowest BCUT2D eigenvalue weighted by Crippen LogP contribution is -2.27. The number of rotatable bonds is 18. The van der Waals surface area contributed by atoms with Crippen LogP contribution >= 0.6 is 0 Å². The fourth-order valence-electron chi connectivity index (χ4n) is 4.84. The third kappa shape index (κ3) is 9.05. The van der Waals surface area contributed by atoms with Crippen LogP contribution in [0.1, 0.15) is 88.3 Å². The zero-order chi connectivity index (χ0) is 27.9. The summed E-state index contributed by atoms with van der Waals surface area (Å²) in [6, 6.07) is 12.5. The van der Waals surface area contributed by atoms with E-state index in [0.717, 1.165) is 24.0 Å². The molecule has 0 spiro atoms. The Kier molecular flexibility index (Phi) is 12.7. The lowest BCUT2D eigenvalue weighted by molar-refractivity contribution is -0.118. The molecule has 1 heterocycles. The Morgan fingerprint density at radius 3 is 2.00 bits per heavy atom. The summed E-state index contributed by atoms with van der Waals surface area (Å²) in [6.07, 6.45) is 17.9. The van der Waals surface area contributed by atoms with E-state index in [0.29, 0.717) is 22.9 Å². The van der Waals surface area contributed by atoms with Crippen molar-refractivity contribution < 1.29 is 19.0 Å². The molecule has 7 heteroatoms. The van der Waals surface area contributed by atoms with E-state index in [1.165, 1.54) is 57.8 Å². The predicted octanol–water partition coefficient (Wildman–Crippen LogP) is 7.60. The molecule has 0 fully saturated rings. The molecule has 7 nitrogen and oxygen atoms in total. The number of benzene rings is 2. The number of aromatic nitrogens is 2. The molecule has 1 aromatic heterocycles. The van der Waals surface area contributed by atoms with E-state index in [9.17, 15) is 4.79 Å². The number of carbonyl (C=O) groups excluding carboxylic acids is 1. The Labute approximate surface area is 233 Å². The van der Waals surface area contributed by atoms with Gasteiger partial charge in [0.15, 0.2) is 6.04 Å². The second-order valence-electron chi connectivity index (χ2n) is 9.97. The summed E-state index contributed by atoms with van der Waals surface area (Å²) in [5.41, 5.74) is 2.43. The molecule has 39 heavy (non-hydrogen) atoms. The number of amides is 1. The maximum absolute atomic E-state index is 13.7. The molecule has 3 rings (SSSR count). The van der Waals surface area contributed by atoms with Gasteiger partial charge in [0.1, 0.15) is 22.9 Å². The summed E-state index contributed by atoms with van der Waals surface area (Å²) >= 11 is 0. The van der Waals surface area contributed by atoms with Crippen molar-refractivity contribution in [3.63, 3.8) is 0 Å². The molecule has 0 aliphatic heterocycles. The second-order valence-corrected chi connectivity index (χ2v) is 9.97. The van der Waals surface area contributed by atoms with Gasteiger partial charge in [-0.3, -0.25) is 9.48 Å². The number of methoxy groups -OCH3 is 3. The third-order valence-corrected chi connectivity index (χ3v) is 7.07. The van der Waals surface area contributed by atoms with Crippen LogP contribution in [0.4, 0.5) is 5.69 Å². The SMILES string of the molecule is CCCCCCCCCCCCc1cnn([C@@H](C(=O)Nc2c(OC)cc(OC)cc2OC)c2ccccc2)c1. The number of ether oxygens (including phenoxy) is 3. The van der Waals surface area contributed by atoms with Crippen molar-refractivity contribution in [3.8, 4) is 17.2 Å². The normalized spacial score (nSPS) is 11.7. The van der Waals surface area contributed by atoms with E-state index in [1.807, 2.05) is 42.7 Å². The summed E-state index contributed by atoms with van der Waals surface area (Å²) in [4.78, 5) is 13.7. The number of nitrogens with zero attached hydrogens (tertiary/aromatic N) is 2. The van der Waals surface area contributed by atoms with Crippen molar-refractivity contribution in [1.29, 1.82) is 0 Å². The molecule has 1 atom stereocenters. The Bertz CT molecular complexity index is 1100. The molecule has 1 N–H and O–H groups in total. The third-order valence-electron chi connectivity index (χ3n) is 7.07. The minimum Gasteiger partial charge on any atom is -0.496 e. The molecule has 1 amide bonds. The Balaban J connectivity index is 1.65. The largest absolute Gasteiger partial charge is 0.496 e. The van der Waals surface area contributed by atoms with Crippen LogP contribution in [0, 0.1) is 0 Å². The van der Waals surface area contributed by atoms with Crippen molar-refractivity contribution in [2.75, 3.05) is 26.6 Å². The monoisotopic (exact) mass is 535 g/mol. The van der Waals surface area contributed by atoms with Crippen LogP contribution in [0.3, 0.4) is 0 Å². The lowest BCUT2D eigenvalue weighted by atomic mass is 10.0. The molecule has 0 radical (unpaired) electrons. The Hall–Kier alpha value is -3.48. The number of anilines is 1. The first-order valence-corrected chi connectivity index (χ1v) is 14.3. The van der Waals surface area contributed by atoms with E-state index >= 15 is 0 Å². The molecule has 0 saturated carbocycles. The highest BCUT2D eigenvalue weighted by molar-refractivity contribution is 5.98. The zero-order valence-electron chi connectivity index (χ0n) is 24.1. The topological polar surface area (TPSA) is 74.6 Å². The van der Waals surface area contributed by atoms with Crippen LogP contribution < -0.4 is 19.5 Å². The molecule has 2 aromatic carbocycles. The second kappa shape index (κ2) is 16.5. The first-order chi connectivity index (χ1) is 19.1. The maximum atomic E-state index is 13.7. The Morgan fingerprint density at radius 2 is 1.44 bits per heavy atom. The minimum absolute atomic E-state index is 0.239. The highest BCUT2D eigenvalue weighted by Gasteiger charge is 2.26. The summed E-state index contributed by atoms with van der Waals surface area (Å²) in [7, 11) is 4.67. The van der Waals surface area contributed by atoms with E-state index in [1.54, 1.807) is 38.1 Å². The van der Waals surface area contributed by atoms with Gasteiger partial charge in [-0.05, 0) is 24.0 Å². The average Bonchev–Trinajstić information content (AvgIpc) is 3.42. The summed E-state index contributed by atoms with van der Waals surface area (Å²) < 4.78 is 18.1. The first-order valence-electron chi connectivity index (χ1n) is 14.3. The van der Waals surface area contributed by atoms with Crippen LogP contribution in [0.25, 0.3) is 0 Å². The standard InChI is InChI=1S/C32H45N3O4/c1-5-6-7-8-9-10-11-12-13-15-18-25-23-33-35(24-25)31(26-19-16-14-17-20-26)32(36)34-30-28(38-3)21-27(37-2)22-29(30)39-4/h14,16-17,19-24,31H,5-13,15,18H2,1-4H3,(H,34,36)/t31-/m1/s1. The van der Waals surface area contributed by atoms with Gasteiger partial charge in [0, 0.05) is 18.3 Å². The summed E-state index contributed by atoms with van der Waals surface area (Å²) in [5, 5.41) is 7.63. The Morgan fingerprint density at radius 1 is 0.846 bits per heavy atom. The number of nitrogens with one attached hydrogen (secondary N) is 1. The van der Waals surface area contributed by atoms with Gasteiger partial charge >= 0.3 is 0 Å². The van der Waals surface area contributed by atoms with E-state index in [4.69, 9.17) is 14.2 Å². The lowest BCUT2D eigenvalue weighted by Gasteiger charge is -2.20. The zero-order valence-corrected chi connectivity index (χ0v) is 24.1. The van der Waals surface area contributed by atoms with Crippen LogP contribution in [-0.2, 0) is 11.2 Å². The first kappa shape index (κ1) is 30.1. The van der Waals surface area contributed by atoms with Gasteiger partial charge in [-0.2, -0.15) is 5.10 Å². The number of carbonyl (C=O) groups is 1. The fraction of sp³-hybridized carbons (Fsp3) is 0.500. The van der Waals surface area contributed by atoms with Crippen LogP contribution in [0.5, 0.6) is 17.2 Å². The van der Waals surface area contributed by atoms with Gasteiger partial charge in [0.05, 0.1) is 27.5 Å². The predicted molar refractivity (Wildman–Crippen MR) is 157 cm³/mol. The van der Waals surface area contributed by atoms with Crippen LogP contribution in [-0.4, -0.2) is 37.0 Å². The van der Waals surface area contributed by atoms with Crippen molar-refractivity contribution in [2.45, 2.75) is 83.6 Å². The smallest absolute Gasteiger partial charge is 0.254 e. The molecule has 212 valence electrons. The van der Waals surface area contributed by atoms with Crippen molar-refractivity contribution >= 4 is 11.6 Å². The highest BCUT2D eigenvalue weighted by Crippen LogP contribution is 2.39. The van der Waals surface area contributed by atoms with E-state index in [-0.39, 0.29) is 5.91 Å². The molecule has 0 aliphatic rings. The number of unbranched alkanes of at least 4 members (excludes halogenated alkanes) is 9. The quantitative estimate of drug-likeness (QED) is 0.170. The number of hydrogen-bond donors (Lipinski definition) is 1. The van der Waals surface area contributed by atoms with Crippen LogP contribution in [0.15, 0.2) is 54.9 Å². The summed E-state index contributed by atoms with van der Waals surface area (Å²) in [5.74, 6) is 1.24. The molecule has 0 bridgehead atoms. The van der Waals surface area contributed by atoms with Gasteiger partial charge in [-0.1, -0.05) is 95.0 Å². The van der Waals surface area contributed by atoms with Crippen molar-refractivity contribution in [3.05, 3.63) is 66.0 Å². The highest BCUT2D eigenvalue weighted by atomic mass is 16.5. The molecule has 0 unspecified atom stereocenters. The molecule has 3 aromatic rings. The van der Waals surface area contributed by atoms with Gasteiger partial charge in [0.2, 0.25) is 0 Å². The molecular weight excluding hydrogens is 490 g/mol. The molecule has 0 saturated heterocycles. The van der Waals surface area contributed by atoms with Crippen molar-refractivity contribution in [2.24, 2.45) is 0 Å². The van der Waals surface area contributed by atoms with E-state index < -0.39 is 6.04 Å². The van der Waals surface area contributed by atoms with Crippen molar-refractivity contribution in [1.82, 2.24) is 9.78 Å².